The van der Waals surface area contributed by atoms with E-state index in [1.807, 2.05) is 0 Å². The van der Waals surface area contributed by atoms with E-state index in [2.05, 4.69) is 15.3 Å². The van der Waals surface area contributed by atoms with Gasteiger partial charge in [0.2, 0.25) is 0 Å². The highest BCUT2D eigenvalue weighted by atomic mass is 16.1. The lowest BCUT2D eigenvalue weighted by atomic mass is 9.84. The molecule has 0 aliphatic heterocycles. The Morgan fingerprint density at radius 2 is 2.24 bits per heavy atom. The van der Waals surface area contributed by atoms with Crippen molar-refractivity contribution >= 4 is 5.82 Å². The minimum absolute atomic E-state index is 0.137. The molecule has 2 rings (SSSR count). The van der Waals surface area contributed by atoms with Crippen molar-refractivity contribution in [2.75, 3.05) is 11.9 Å². The lowest BCUT2D eigenvalue weighted by molar-refractivity contribution is 0.320. The first-order chi connectivity index (χ1) is 8.29. The molecule has 1 aliphatic carbocycles. The summed E-state index contributed by atoms with van der Waals surface area (Å²) in [4.78, 5) is 17.8. The molecular weight excluding hydrogens is 216 g/mol. The van der Waals surface area contributed by atoms with Crippen LogP contribution in [0.1, 0.15) is 32.1 Å². The molecule has 17 heavy (non-hydrogen) atoms. The highest BCUT2D eigenvalue weighted by Crippen LogP contribution is 2.27. The molecule has 1 fully saturated rings. The van der Waals surface area contributed by atoms with Crippen LogP contribution in [-0.4, -0.2) is 22.6 Å². The molecule has 5 nitrogen and oxygen atoms in total. The number of hydrogen-bond acceptors (Lipinski definition) is 4. The van der Waals surface area contributed by atoms with Crippen molar-refractivity contribution in [1.82, 2.24) is 9.97 Å². The van der Waals surface area contributed by atoms with Gasteiger partial charge in [0.25, 0.3) is 5.56 Å². The van der Waals surface area contributed by atoms with Gasteiger partial charge in [-0.2, -0.15) is 0 Å². The number of nitrogens with two attached hydrogens (primary N) is 1. The molecule has 0 spiro atoms. The van der Waals surface area contributed by atoms with Crippen LogP contribution in [0.15, 0.2) is 17.2 Å². The molecule has 0 bridgehead atoms. The first-order valence-electron chi connectivity index (χ1n) is 6.31. The van der Waals surface area contributed by atoms with Gasteiger partial charge in [0.1, 0.15) is 5.82 Å². The van der Waals surface area contributed by atoms with Gasteiger partial charge in [0.15, 0.2) is 0 Å². The monoisotopic (exact) mass is 236 g/mol. The lowest BCUT2D eigenvalue weighted by Crippen LogP contribution is -2.37. The molecule has 1 aromatic rings. The summed E-state index contributed by atoms with van der Waals surface area (Å²) >= 11 is 0. The molecule has 0 aromatic carbocycles. The number of H-pyrrole nitrogens is 1. The Bertz CT molecular complexity index is 397. The van der Waals surface area contributed by atoms with Crippen LogP contribution in [0.5, 0.6) is 0 Å². The Hall–Kier alpha value is -1.36. The summed E-state index contributed by atoms with van der Waals surface area (Å²) < 4.78 is 0. The molecule has 0 amide bonds. The third-order valence-corrected chi connectivity index (χ3v) is 3.48. The maximum absolute atomic E-state index is 11.2. The Morgan fingerprint density at radius 1 is 1.47 bits per heavy atom. The molecule has 5 heteroatoms. The average Bonchev–Trinajstić information content (AvgIpc) is 2.37. The molecule has 1 atom stereocenters. The predicted octanol–water partition coefficient (Wildman–Crippen LogP) is 1.09. The molecule has 94 valence electrons. The number of anilines is 1. The number of rotatable bonds is 4. The zero-order valence-corrected chi connectivity index (χ0v) is 9.98. The van der Waals surface area contributed by atoms with Crippen LogP contribution in [-0.2, 0) is 0 Å². The third kappa shape index (κ3) is 3.30. The molecule has 0 saturated heterocycles. The highest BCUT2D eigenvalue weighted by molar-refractivity contribution is 5.33. The van der Waals surface area contributed by atoms with Crippen molar-refractivity contribution in [1.29, 1.82) is 0 Å². The van der Waals surface area contributed by atoms with E-state index in [0.717, 1.165) is 0 Å². The molecule has 1 aromatic heterocycles. The largest absolute Gasteiger partial charge is 0.366 e. The summed E-state index contributed by atoms with van der Waals surface area (Å²) in [7, 11) is 0. The van der Waals surface area contributed by atoms with Crippen LogP contribution < -0.4 is 16.6 Å². The van der Waals surface area contributed by atoms with E-state index in [9.17, 15) is 4.79 Å². The third-order valence-electron chi connectivity index (χ3n) is 3.48. The summed E-state index contributed by atoms with van der Waals surface area (Å²) in [5.74, 6) is 1.23. The Balaban J connectivity index is 2.01. The number of nitrogens with one attached hydrogen (secondary N) is 2. The summed E-state index contributed by atoms with van der Waals surface area (Å²) in [6.45, 7) is 0.582. The van der Waals surface area contributed by atoms with Crippen LogP contribution in [0.4, 0.5) is 5.82 Å². The molecular formula is C12H20N4O. The van der Waals surface area contributed by atoms with E-state index < -0.39 is 0 Å². The highest BCUT2D eigenvalue weighted by Gasteiger charge is 2.22. The van der Waals surface area contributed by atoms with Gasteiger partial charge < -0.3 is 16.0 Å². The van der Waals surface area contributed by atoms with Crippen molar-refractivity contribution in [2.45, 2.75) is 38.1 Å². The smallest absolute Gasteiger partial charge is 0.252 e. The van der Waals surface area contributed by atoms with Crippen molar-refractivity contribution in [3.63, 3.8) is 0 Å². The fraction of sp³-hybridized carbons (Fsp3) is 0.667. The zero-order chi connectivity index (χ0) is 12.1. The van der Waals surface area contributed by atoms with Gasteiger partial charge in [-0.3, -0.25) is 4.79 Å². The van der Waals surface area contributed by atoms with E-state index >= 15 is 0 Å². The van der Waals surface area contributed by atoms with Crippen LogP contribution in [0.3, 0.4) is 0 Å². The number of aromatic nitrogens is 2. The molecule has 1 aliphatic rings. The molecule has 0 radical (unpaired) electrons. The van der Waals surface area contributed by atoms with Gasteiger partial charge in [0, 0.05) is 18.7 Å². The van der Waals surface area contributed by atoms with Crippen LogP contribution in [0, 0.1) is 5.92 Å². The fourth-order valence-electron chi connectivity index (χ4n) is 2.54. The Kier molecular flexibility index (Phi) is 4.14. The Morgan fingerprint density at radius 3 is 2.88 bits per heavy atom. The minimum atomic E-state index is -0.137. The van der Waals surface area contributed by atoms with E-state index in [4.69, 9.17) is 5.73 Å². The summed E-state index contributed by atoms with van der Waals surface area (Å²) in [5, 5.41) is 3.28. The van der Waals surface area contributed by atoms with Gasteiger partial charge in [0.05, 0.1) is 6.33 Å². The quantitative estimate of drug-likeness (QED) is 0.730. The maximum Gasteiger partial charge on any atom is 0.252 e. The number of hydrogen-bond donors (Lipinski definition) is 3. The van der Waals surface area contributed by atoms with Crippen molar-refractivity contribution < 1.29 is 0 Å². The molecule has 1 unspecified atom stereocenters. The van der Waals surface area contributed by atoms with Crippen molar-refractivity contribution in [2.24, 2.45) is 11.7 Å². The second-order valence-electron chi connectivity index (χ2n) is 4.68. The SMILES string of the molecule is NCC(Nc1cc(=O)[nH]cn1)C1CCCCC1. The molecule has 1 heterocycles. The fourth-order valence-corrected chi connectivity index (χ4v) is 2.54. The zero-order valence-electron chi connectivity index (χ0n) is 9.98. The van der Waals surface area contributed by atoms with Gasteiger partial charge in [-0.25, -0.2) is 4.98 Å². The Labute approximate surface area is 101 Å². The predicted molar refractivity (Wildman–Crippen MR) is 67.9 cm³/mol. The first kappa shape index (κ1) is 12.1. The van der Waals surface area contributed by atoms with E-state index in [1.165, 1.54) is 44.5 Å². The van der Waals surface area contributed by atoms with Gasteiger partial charge in [-0.05, 0) is 18.8 Å². The standard InChI is InChI=1S/C12H20N4O/c13-7-10(9-4-2-1-3-5-9)16-11-6-12(17)15-8-14-11/h6,8-10H,1-5,7,13H2,(H2,14,15,16,17). The second kappa shape index (κ2) is 5.82. The van der Waals surface area contributed by atoms with Crippen LogP contribution in [0.2, 0.25) is 0 Å². The summed E-state index contributed by atoms with van der Waals surface area (Å²) in [6.07, 6.45) is 7.75. The van der Waals surface area contributed by atoms with E-state index in [0.29, 0.717) is 18.3 Å². The maximum atomic E-state index is 11.2. The van der Waals surface area contributed by atoms with Gasteiger partial charge in [-0.15, -0.1) is 0 Å². The minimum Gasteiger partial charge on any atom is -0.366 e. The van der Waals surface area contributed by atoms with E-state index in [1.54, 1.807) is 0 Å². The molecule has 1 saturated carbocycles. The van der Waals surface area contributed by atoms with Crippen molar-refractivity contribution in [3.8, 4) is 0 Å². The number of aromatic amines is 1. The van der Waals surface area contributed by atoms with Gasteiger partial charge in [-0.1, -0.05) is 19.3 Å². The lowest BCUT2D eigenvalue weighted by Gasteiger charge is -2.30. The summed E-state index contributed by atoms with van der Waals surface area (Å²) in [6, 6.07) is 1.70. The molecule has 4 N–H and O–H groups in total. The van der Waals surface area contributed by atoms with Gasteiger partial charge >= 0.3 is 0 Å². The average molecular weight is 236 g/mol. The first-order valence-corrected chi connectivity index (χ1v) is 6.31. The normalized spacial score (nSPS) is 18.9. The second-order valence-corrected chi connectivity index (χ2v) is 4.68. The summed E-state index contributed by atoms with van der Waals surface area (Å²) in [5.41, 5.74) is 5.68. The number of nitrogens with zero attached hydrogens (tertiary/aromatic N) is 1. The topological polar surface area (TPSA) is 83.8 Å². The van der Waals surface area contributed by atoms with Crippen molar-refractivity contribution in [3.05, 3.63) is 22.7 Å². The van der Waals surface area contributed by atoms with Crippen LogP contribution >= 0.6 is 0 Å². The van der Waals surface area contributed by atoms with Crippen LogP contribution in [0.25, 0.3) is 0 Å². The van der Waals surface area contributed by atoms with E-state index in [-0.39, 0.29) is 11.6 Å².